The molecule has 0 atom stereocenters. The second-order valence-electron chi connectivity index (χ2n) is 7.49. The van der Waals surface area contributed by atoms with Crippen LogP contribution in [-0.2, 0) is 4.79 Å². The lowest BCUT2D eigenvalue weighted by Gasteiger charge is -2.31. The molecule has 27 heavy (non-hydrogen) atoms. The van der Waals surface area contributed by atoms with Crippen LogP contribution in [0.4, 0.5) is 11.5 Å². The molecule has 5 heteroatoms. The van der Waals surface area contributed by atoms with Gasteiger partial charge in [-0.2, -0.15) is 0 Å². The predicted octanol–water partition coefficient (Wildman–Crippen LogP) is 3.45. The van der Waals surface area contributed by atoms with Gasteiger partial charge in [0.05, 0.1) is 0 Å². The summed E-state index contributed by atoms with van der Waals surface area (Å²) < 4.78 is 0. The highest BCUT2D eigenvalue weighted by atomic mass is 16.1. The highest BCUT2D eigenvalue weighted by Gasteiger charge is 2.21. The number of piperazine rings is 1. The molecular formula is C22H28N4O. The van der Waals surface area contributed by atoms with Crippen LogP contribution in [0.2, 0.25) is 0 Å². The fourth-order valence-corrected chi connectivity index (χ4v) is 4.18. The molecule has 0 unspecified atom stereocenters. The van der Waals surface area contributed by atoms with Crippen molar-refractivity contribution >= 4 is 17.9 Å². The van der Waals surface area contributed by atoms with Gasteiger partial charge in [0.2, 0.25) is 6.41 Å². The molecule has 1 aromatic heterocycles. The molecule has 2 heterocycles. The molecule has 2 aliphatic rings. The minimum atomic E-state index is 0.349. The second kappa shape index (κ2) is 8.53. The second-order valence-corrected chi connectivity index (χ2v) is 7.49. The zero-order valence-electron chi connectivity index (χ0n) is 15.8. The van der Waals surface area contributed by atoms with E-state index in [0.717, 1.165) is 68.1 Å². The van der Waals surface area contributed by atoms with Gasteiger partial charge in [-0.1, -0.05) is 31.4 Å². The van der Waals surface area contributed by atoms with Crippen LogP contribution in [0.5, 0.6) is 0 Å². The first-order valence-corrected chi connectivity index (χ1v) is 10.1. The van der Waals surface area contributed by atoms with Crippen molar-refractivity contribution in [2.45, 2.75) is 38.1 Å². The molecule has 142 valence electrons. The SMILES string of the molecule is O=CN(c1ccc(-c2ccc(N3CCNCC3)nc2)cc1)C1CCCCC1. The summed E-state index contributed by atoms with van der Waals surface area (Å²) in [4.78, 5) is 20.5. The lowest BCUT2D eigenvalue weighted by Crippen LogP contribution is -2.43. The fourth-order valence-electron chi connectivity index (χ4n) is 4.18. The third kappa shape index (κ3) is 4.14. The Balaban J connectivity index is 1.47. The normalized spacial score (nSPS) is 18.3. The van der Waals surface area contributed by atoms with E-state index in [0.29, 0.717) is 6.04 Å². The van der Waals surface area contributed by atoms with Crippen LogP contribution in [0.25, 0.3) is 11.1 Å². The number of nitrogens with zero attached hydrogens (tertiary/aromatic N) is 3. The Kier molecular flexibility index (Phi) is 5.68. The van der Waals surface area contributed by atoms with Crippen molar-refractivity contribution in [3.8, 4) is 11.1 Å². The summed E-state index contributed by atoms with van der Waals surface area (Å²) >= 11 is 0. The highest BCUT2D eigenvalue weighted by molar-refractivity contribution is 5.77. The molecule has 1 aliphatic carbocycles. The number of carbonyl (C=O) groups is 1. The Bertz CT molecular complexity index is 732. The quantitative estimate of drug-likeness (QED) is 0.826. The van der Waals surface area contributed by atoms with Crippen LogP contribution in [0.3, 0.4) is 0 Å². The van der Waals surface area contributed by atoms with E-state index in [2.05, 4.69) is 51.6 Å². The molecule has 1 saturated carbocycles. The molecule has 1 saturated heterocycles. The number of benzene rings is 1. The smallest absolute Gasteiger partial charge is 0.214 e. The van der Waals surface area contributed by atoms with Crippen molar-refractivity contribution in [2.24, 2.45) is 0 Å². The van der Waals surface area contributed by atoms with Gasteiger partial charge in [-0.25, -0.2) is 4.98 Å². The van der Waals surface area contributed by atoms with E-state index in [4.69, 9.17) is 0 Å². The van der Waals surface area contributed by atoms with Gasteiger partial charge in [-0.15, -0.1) is 0 Å². The van der Waals surface area contributed by atoms with E-state index in [9.17, 15) is 4.79 Å². The Labute approximate surface area is 161 Å². The third-order valence-electron chi connectivity index (χ3n) is 5.77. The molecule has 1 aromatic carbocycles. The zero-order valence-corrected chi connectivity index (χ0v) is 15.8. The molecule has 1 aliphatic heterocycles. The van der Waals surface area contributed by atoms with Gasteiger partial charge in [0, 0.05) is 49.7 Å². The topological polar surface area (TPSA) is 48.5 Å². The Morgan fingerprint density at radius 2 is 1.67 bits per heavy atom. The van der Waals surface area contributed by atoms with E-state index in [1.165, 1.54) is 19.3 Å². The van der Waals surface area contributed by atoms with Crippen LogP contribution in [-0.4, -0.2) is 43.6 Å². The first-order valence-electron chi connectivity index (χ1n) is 10.1. The molecule has 0 radical (unpaired) electrons. The van der Waals surface area contributed by atoms with Crippen molar-refractivity contribution in [1.29, 1.82) is 0 Å². The standard InChI is InChI=1S/C22H28N4O/c27-17-26(20-4-2-1-3-5-20)21-9-6-18(7-10-21)19-8-11-22(24-16-19)25-14-12-23-13-15-25/h6-11,16-17,20,23H,1-5,12-15H2. The van der Waals surface area contributed by atoms with E-state index in [1.54, 1.807) is 0 Å². The summed E-state index contributed by atoms with van der Waals surface area (Å²) in [6.07, 6.45) is 8.89. The summed E-state index contributed by atoms with van der Waals surface area (Å²) in [6.45, 7) is 4.03. The van der Waals surface area contributed by atoms with E-state index in [1.807, 2.05) is 11.1 Å². The van der Waals surface area contributed by atoms with Crippen molar-refractivity contribution < 1.29 is 4.79 Å². The minimum absolute atomic E-state index is 0.349. The van der Waals surface area contributed by atoms with E-state index < -0.39 is 0 Å². The number of aromatic nitrogens is 1. The summed E-state index contributed by atoms with van der Waals surface area (Å²) in [6, 6.07) is 12.9. The highest BCUT2D eigenvalue weighted by Crippen LogP contribution is 2.28. The van der Waals surface area contributed by atoms with Gasteiger partial charge in [0.1, 0.15) is 5.82 Å². The molecule has 2 fully saturated rings. The monoisotopic (exact) mass is 364 g/mol. The molecule has 1 amide bonds. The van der Waals surface area contributed by atoms with Crippen molar-refractivity contribution in [3.63, 3.8) is 0 Å². The Hall–Kier alpha value is -2.40. The van der Waals surface area contributed by atoms with Crippen LogP contribution >= 0.6 is 0 Å². The van der Waals surface area contributed by atoms with Crippen molar-refractivity contribution in [2.75, 3.05) is 36.0 Å². The van der Waals surface area contributed by atoms with Crippen molar-refractivity contribution in [3.05, 3.63) is 42.6 Å². The molecule has 4 rings (SSSR count). The number of rotatable bonds is 5. The largest absolute Gasteiger partial charge is 0.354 e. The molecule has 0 bridgehead atoms. The number of amides is 1. The molecule has 2 aromatic rings. The van der Waals surface area contributed by atoms with Crippen LogP contribution in [0.15, 0.2) is 42.6 Å². The number of hydrogen-bond acceptors (Lipinski definition) is 4. The number of anilines is 2. The first kappa shape index (κ1) is 18.0. The average Bonchev–Trinajstić information content (AvgIpc) is 2.76. The zero-order chi connectivity index (χ0) is 18.5. The Morgan fingerprint density at radius 1 is 0.963 bits per heavy atom. The number of pyridine rings is 1. The van der Waals surface area contributed by atoms with Gasteiger partial charge < -0.3 is 15.1 Å². The minimum Gasteiger partial charge on any atom is -0.354 e. The Morgan fingerprint density at radius 3 is 2.30 bits per heavy atom. The maximum Gasteiger partial charge on any atom is 0.214 e. The number of carbonyl (C=O) groups excluding carboxylic acids is 1. The van der Waals surface area contributed by atoms with Gasteiger partial charge in [0.25, 0.3) is 0 Å². The predicted molar refractivity (Wildman–Crippen MR) is 110 cm³/mol. The van der Waals surface area contributed by atoms with Gasteiger partial charge in [-0.3, -0.25) is 4.79 Å². The van der Waals surface area contributed by atoms with Crippen molar-refractivity contribution in [1.82, 2.24) is 10.3 Å². The molecule has 5 nitrogen and oxygen atoms in total. The van der Waals surface area contributed by atoms with E-state index >= 15 is 0 Å². The van der Waals surface area contributed by atoms with Crippen LogP contribution < -0.4 is 15.1 Å². The average molecular weight is 364 g/mol. The third-order valence-corrected chi connectivity index (χ3v) is 5.77. The van der Waals surface area contributed by atoms with E-state index in [-0.39, 0.29) is 0 Å². The summed E-state index contributed by atoms with van der Waals surface area (Å²) in [5, 5.41) is 3.37. The lowest BCUT2D eigenvalue weighted by atomic mass is 9.94. The number of nitrogens with one attached hydrogen (secondary N) is 1. The van der Waals surface area contributed by atoms with Gasteiger partial charge >= 0.3 is 0 Å². The molecular weight excluding hydrogens is 336 g/mol. The summed E-state index contributed by atoms with van der Waals surface area (Å²) in [5.74, 6) is 1.04. The maximum atomic E-state index is 11.7. The molecule has 1 N–H and O–H groups in total. The summed E-state index contributed by atoms with van der Waals surface area (Å²) in [7, 11) is 0. The fraction of sp³-hybridized carbons (Fsp3) is 0.455. The van der Waals surface area contributed by atoms with Crippen LogP contribution in [0, 0.1) is 0 Å². The first-order chi connectivity index (χ1) is 13.3. The summed E-state index contributed by atoms with van der Waals surface area (Å²) in [5.41, 5.74) is 3.23. The molecule has 0 spiro atoms. The van der Waals surface area contributed by atoms with Gasteiger partial charge in [0.15, 0.2) is 0 Å². The number of hydrogen-bond donors (Lipinski definition) is 1. The maximum absolute atomic E-state index is 11.7. The van der Waals surface area contributed by atoms with Crippen LogP contribution in [0.1, 0.15) is 32.1 Å². The lowest BCUT2D eigenvalue weighted by molar-refractivity contribution is -0.108. The van der Waals surface area contributed by atoms with Gasteiger partial charge in [-0.05, 0) is 42.7 Å².